The predicted molar refractivity (Wildman–Crippen MR) is 115 cm³/mol. The van der Waals surface area contributed by atoms with Gasteiger partial charge in [0, 0.05) is 4.47 Å². The zero-order valence-corrected chi connectivity index (χ0v) is 17.4. The minimum atomic E-state index is -0.781. The van der Waals surface area contributed by atoms with Gasteiger partial charge in [0.2, 0.25) is 5.91 Å². The fraction of sp³-hybridized carbons (Fsp3) is 0.130. The summed E-state index contributed by atoms with van der Waals surface area (Å²) in [5.41, 5.74) is 6.67. The number of hydrazine groups is 1. The van der Waals surface area contributed by atoms with E-state index in [1.54, 1.807) is 19.1 Å². The van der Waals surface area contributed by atoms with Crippen LogP contribution in [0.4, 0.5) is 0 Å². The first-order valence-electron chi connectivity index (χ1n) is 9.16. The monoisotopic (exact) mass is 452 g/mol. The number of ether oxygens (including phenoxy) is 1. The van der Waals surface area contributed by atoms with Gasteiger partial charge < -0.3 is 4.74 Å². The molecule has 0 aromatic heterocycles. The lowest BCUT2D eigenvalue weighted by atomic mass is 9.91. The molecular formula is C23H21BrN2O3. The van der Waals surface area contributed by atoms with E-state index in [1.807, 2.05) is 72.8 Å². The summed E-state index contributed by atoms with van der Waals surface area (Å²) in [4.78, 5) is 25.3. The molecule has 5 nitrogen and oxygen atoms in total. The van der Waals surface area contributed by atoms with Gasteiger partial charge in [-0.1, -0.05) is 82.7 Å². The molecule has 0 aliphatic rings. The van der Waals surface area contributed by atoms with Crippen LogP contribution in [-0.4, -0.2) is 17.9 Å². The molecule has 2 amide bonds. The van der Waals surface area contributed by atoms with Crippen molar-refractivity contribution in [2.45, 2.75) is 18.9 Å². The zero-order valence-electron chi connectivity index (χ0n) is 15.8. The highest BCUT2D eigenvalue weighted by Gasteiger charge is 2.24. The lowest BCUT2D eigenvalue weighted by molar-refractivity contribution is -0.133. The van der Waals surface area contributed by atoms with E-state index < -0.39 is 17.9 Å². The number of amides is 2. The van der Waals surface area contributed by atoms with Crippen molar-refractivity contribution in [3.63, 3.8) is 0 Å². The molecule has 0 fully saturated rings. The third-order valence-corrected chi connectivity index (χ3v) is 4.81. The van der Waals surface area contributed by atoms with Crippen LogP contribution in [-0.2, 0) is 9.59 Å². The molecule has 3 aromatic rings. The van der Waals surface area contributed by atoms with Crippen LogP contribution in [0.1, 0.15) is 24.0 Å². The molecule has 148 valence electrons. The Hall–Kier alpha value is -3.12. The molecule has 3 rings (SSSR count). The predicted octanol–water partition coefficient (Wildman–Crippen LogP) is 4.20. The Labute approximate surface area is 178 Å². The van der Waals surface area contributed by atoms with Gasteiger partial charge in [-0.25, -0.2) is 0 Å². The molecule has 1 unspecified atom stereocenters. The van der Waals surface area contributed by atoms with E-state index in [0.29, 0.717) is 5.75 Å². The van der Waals surface area contributed by atoms with E-state index in [1.165, 1.54) is 0 Å². The molecule has 0 spiro atoms. The van der Waals surface area contributed by atoms with Crippen molar-refractivity contribution < 1.29 is 14.3 Å². The quantitative estimate of drug-likeness (QED) is 0.550. The fourth-order valence-electron chi connectivity index (χ4n) is 2.88. The summed E-state index contributed by atoms with van der Waals surface area (Å²) in [6.45, 7) is 1.62. The average molecular weight is 453 g/mol. The normalized spacial score (nSPS) is 11.6. The molecule has 0 bridgehead atoms. The van der Waals surface area contributed by atoms with Gasteiger partial charge >= 0.3 is 0 Å². The van der Waals surface area contributed by atoms with Gasteiger partial charge in [-0.05, 0) is 36.2 Å². The molecule has 0 saturated carbocycles. The van der Waals surface area contributed by atoms with Gasteiger partial charge in [0.05, 0.1) is 5.92 Å². The van der Waals surface area contributed by atoms with Crippen molar-refractivity contribution >= 4 is 27.7 Å². The molecule has 29 heavy (non-hydrogen) atoms. The Morgan fingerprint density at radius 3 is 1.90 bits per heavy atom. The summed E-state index contributed by atoms with van der Waals surface area (Å²) < 4.78 is 6.48. The molecule has 0 saturated heterocycles. The van der Waals surface area contributed by atoms with Crippen LogP contribution in [0.5, 0.6) is 5.75 Å². The second kappa shape index (κ2) is 9.89. The molecule has 0 aliphatic heterocycles. The van der Waals surface area contributed by atoms with Crippen LogP contribution in [0.3, 0.4) is 0 Å². The maximum atomic E-state index is 12.9. The second-order valence-electron chi connectivity index (χ2n) is 6.45. The Balaban J connectivity index is 1.66. The Bertz CT molecular complexity index is 925. The third kappa shape index (κ3) is 5.68. The van der Waals surface area contributed by atoms with E-state index in [0.717, 1.165) is 15.6 Å². The fourth-order valence-corrected chi connectivity index (χ4v) is 3.26. The highest BCUT2D eigenvalue weighted by Crippen LogP contribution is 2.24. The number of rotatable bonds is 6. The van der Waals surface area contributed by atoms with Gasteiger partial charge in [-0.2, -0.15) is 0 Å². The number of halogens is 1. The summed E-state index contributed by atoms with van der Waals surface area (Å²) in [5, 5.41) is 0. The molecular weight excluding hydrogens is 432 g/mol. The summed E-state index contributed by atoms with van der Waals surface area (Å²) in [5.74, 6) is -0.762. The second-order valence-corrected chi connectivity index (χ2v) is 7.37. The average Bonchev–Trinajstić information content (AvgIpc) is 2.74. The number of carbonyl (C=O) groups is 2. The smallest absolute Gasteiger partial charge is 0.279 e. The van der Waals surface area contributed by atoms with Crippen LogP contribution in [0.2, 0.25) is 0 Å². The minimum Gasteiger partial charge on any atom is -0.481 e. The molecule has 6 heteroatoms. The van der Waals surface area contributed by atoms with Crippen molar-refractivity contribution in [1.29, 1.82) is 0 Å². The van der Waals surface area contributed by atoms with E-state index in [-0.39, 0.29) is 5.91 Å². The van der Waals surface area contributed by atoms with E-state index >= 15 is 0 Å². The number of hydrogen-bond donors (Lipinski definition) is 2. The van der Waals surface area contributed by atoms with Crippen molar-refractivity contribution in [3.05, 3.63) is 101 Å². The van der Waals surface area contributed by atoms with Gasteiger partial charge in [0.25, 0.3) is 5.91 Å². The van der Waals surface area contributed by atoms with Crippen LogP contribution >= 0.6 is 15.9 Å². The maximum absolute atomic E-state index is 12.9. The van der Waals surface area contributed by atoms with E-state index in [4.69, 9.17) is 4.74 Å². The first kappa shape index (κ1) is 20.6. The van der Waals surface area contributed by atoms with Crippen LogP contribution in [0, 0.1) is 0 Å². The van der Waals surface area contributed by atoms with Crippen molar-refractivity contribution in [2.24, 2.45) is 0 Å². The largest absolute Gasteiger partial charge is 0.481 e. The SMILES string of the molecule is CC(Oc1cccc(Br)c1)C(=O)NNC(=O)C(c1ccccc1)c1ccccc1. The van der Waals surface area contributed by atoms with Gasteiger partial charge in [-0.15, -0.1) is 0 Å². The van der Waals surface area contributed by atoms with Crippen molar-refractivity contribution in [2.75, 3.05) is 0 Å². The lowest BCUT2D eigenvalue weighted by Crippen LogP contribution is -2.48. The number of hydrogen-bond acceptors (Lipinski definition) is 3. The zero-order chi connectivity index (χ0) is 20.6. The molecule has 1 atom stereocenters. The number of benzene rings is 3. The van der Waals surface area contributed by atoms with Crippen LogP contribution in [0.25, 0.3) is 0 Å². The van der Waals surface area contributed by atoms with E-state index in [2.05, 4.69) is 26.8 Å². The number of nitrogens with one attached hydrogen (secondary N) is 2. The van der Waals surface area contributed by atoms with Crippen molar-refractivity contribution in [1.82, 2.24) is 10.9 Å². The third-order valence-electron chi connectivity index (χ3n) is 4.32. The highest BCUT2D eigenvalue weighted by molar-refractivity contribution is 9.10. The van der Waals surface area contributed by atoms with Gasteiger partial charge in [0.15, 0.2) is 6.10 Å². The molecule has 3 aromatic carbocycles. The van der Waals surface area contributed by atoms with Gasteiger partial charge in [-0.3, -0.25) is 20.4 Å². The topological polar surface area (TPSA) is 67.4 Å². The van der Waals surface area contributed by atoms with Gasteiger partial charge in [0.1, 0.15) is 5.75 Å². The summed E-state index contributed by atoms with van der Waals surface area (Å²) >= 11 is 3.36. The standard InChI is InChI=1S/C23H21BrN2O3/c1-16(29-20-14-8-13-19(24)15-20)22(27)25-26-23(28)21(17-9-4-2-5-10-17)18-11-6-3-7-12-18/h2-16,21H,1H3,(H,25,27)(H,26,28). The van der Waals surface area contributed by atoms with E-state index in [9.17, 15) is 9.59 Å². The van der Waals surface area contributed by atoms with Crippen LogP contribution in [0.15, 0.2) is 89.4 Å². The van der Waals surface area contributed by atoms with Crippen molar-refractivity contribution in [3.8, 4) is 5.75 Å². The number of carbonyl (C=O) groups excluding carboxylic acids is 2. The maximum Gasteiger partial charge on any atom is 0.279 e. The Morgan fingerprint density at radius 1 is 0.793 bits per heavy atom. The Morgan fingerprint density at radius 2 is 1.34 bits per heavy atom. The first-order chi connectivity index (χ1) is 14.0. The van der Waals surface area contributed by atoms with Crippen LogP contribution < -0.4 is 15.6 Å². The molecule has 0 radical (unpaired) electrons. The summed E-state index contributed by atoms with van der Waals surface area (Å²) in [6, 6.07) is 26.1. The Kier molecular flexibility index (Phi) is 7.03. The minimum absolute atomic E-state index is 0.328. The first-order valence-corrected chi connectivity index (χ1v) is 9.95. The summed E-state index contributed by atoms with van der Waals surface area (Å²) in [6.07, 6.45) is -0.781. The molecule has 0 aliphatic carbocycles. The highest BCUT2D eigenvalue weighted by atomic mass is 79.9. The summed E-state index contributed by atoms with van der Waals surface area (Å²) in [7, 11) is 0. The molecule has 2 N–H and O–H groups in total. The molecule has 0 heterocycles. The lowest BCUT2D eigenvalue weighted by Gasteiger charge is -2.20.